The van der Waals surface area contributed by atoms with Gasteiger partial charge in [0.05, 0.1) is 18.7 Å². The Morgan fingerprint density at radius 2 is 1.65 bits per heavy atom. The monoisotopic (exact) mass is 469 g/mol. The molecule has 0 aromatic heterocycles. The Bertz CT molecular complexity index is 1370. The number of aliphatic hydroxyl groups is 1. The second-order valence-corrected chi connectivity index (χ2v) is 7.66. The number of hydrogen-bond acceptors (Lipinski definition) is 5. The van der Waals surface area contributed by atoms with Crippen molar-refractivity contribution in [3.63, 3.8) is 0 Å². The molecule has 3 aromatic carbocycles. The van der Waals surface area contributed by atoms with Gasteiger partial charge in [-0.15, -0.1) is 0 Å². The predicted molar refractivity (Wildman–Crippen MR) is 117 cm³/mol. The fourth-order valence-corrected chi connectivity index (χ4v) is 3.87. The Morgan fingerprint density at radius 1 is 0.941 bits per heavy atom. The number of ether oxygens (including phenoxy) is 1. The van der Waals surface area contributed by atoms with Crippen molar-refractivity contribution in [3.8, 4) is 11.5 Å². The third kappa shape index (κ3) is 3.75. The molecule has 3 aromatic rings. The number of Topliss-reactive ketones (excluding diaryl/α,β-unsaturated/α-hetero) is 1. The second kappa shape index (κ2) is 8.58. The highest BCUT2D eigenvalue weighted by atomic mass is 19.2. The molecule has 1 heterocycles. The number of hydrogen-bond donors (Lipinski definition) is 2. The molecule has 0 saturated carbocycles. The lowest BCUT2D eigenvalue weighted by atomic mass is 9.94. The van der Waals surface area contributed by atoms with Gasteiger partial charge < -0.3 is 14.9 Å². The fourth-order valence-electron chi connectivity index (χ4n) is 3.87. The highest BCUT2D eigenvalue weighted by Gasteiger charge is 2.47. The molecule has 34 heavy (non-hydrogen) atoms. The Hall–Kier alpha value is -4.27. The molecule has 9 heteroatoms. The maximum atomic E-state index is 14.0. The first kappa shape index (κ1) is 22.9. The molecule has 1 saturated heterocycles. The third-order valence-corrected chi connectivity index (χ3v) is 5.58. The lowest BCUT2D eigenvalue weighted by molar-refractivity contribution is -0.132. The molecule has 0 radical (unpaired) electrons. The van der Waals surface area contributed by atoms with Crippen LogP contribution in [0, 0.1) is 24.4 Å². The van der Waals surface area contributed by atoms with Crippen LogP contribution in [0.2, 0.25) is 0 Å². The maximum absolute atomic E-state index is 14.0. The van der Waals surface area contributed by atoms with E-state index in [4.69, 9.17) is 4.74 Å². The SMILES string of the molecule is COc1ccc(C2/C(=C(\O)c3ccc(F)c(C)c3)C(=O)C(=O)N2c2ccc(F)c(F)c2)cc1O. The summed E-state index contributed by atoms with van der Waals surface area (Å²) in [5.74, 6) is -5.92. The zero-order valence-electron chi connectivity index (χ0n) is 18.0. The van der Waals surface area contributed by atoms with Crippen molar-refractivity contribution in [2.45, 2.75) is 13.0 Å². The summed E-state index contributed by atoms with van der Waals surface area (Å²) in [4.78, 5) is 27.0. The highest BCUT2D eigenvalue weighted by molar-refractivity contribution is 6.51. The van der Waals surface area contributed by atoms with Crippen LogP contribution in [0.25, 0.3) is 5.76 Å². The number of methoxy groups -OCH3 is 1. The van der Waals surface area contributed by atoms with Crippen molar-refractivity contribution < 1.29 is 37.7 Å². The molecule has 0 bridgehead atoms. The van der Waals surface area contributed by atoms with Crippen LogP contribution in [0.3, 0.4) is 0 Å². The Kier molecular flexibility index (Phi) is 5.78. The van der Waals surface area contributed by atoms with Gasteiger partial charge in [-0.3, -0.25) is 14.5 Å². The van der Waals surface area contributed by atoms with E-state index in [1.54, 1.807) is 0 Å². The van der Waals surface area contributed by atoms with E-state index in [1.807, 2.05) is 0 Å². The van der Waals surface area contributed by atoms with Crippen LogP contribution in [0.15, 0.2) is 60.2 Å². The summed E-state index contributed by atoms with van der Waals surface area (Å²) in [5, 5.41) is 21.3. The van der Waals surface area contributed by atoms with Gasteiger partial charge in [-0.25, -0.2) is 13.2 Å². The van der Waals surface area contributed by atoms with E-state index in [9.17, 15) is 33.0 Å². The number of carbonyl (C=O) groups excluding carboxylic acids is 2. The smallest absolute Gasteiger partial charge is 0.300 e. The van der Waals surface area contributed by atoms with Crippen LogP contribution < -0.4 is 9.64 Å². The number of aliphatic hydroxyl groups excluding tert-OH is 1. The molecule has 1 aliphatic rings. The Labute approximate surface area is 192 Å². The van der Waals surface area contributed by atoms with Crippen LogP contribution in [-0.4, -0.2) is 29.0 Å². The van der Waals surface area contributed by atoms with E-state index in [2.05, 4.69) is 0 Å². The number of ketones is 1. The fraction of sp³-hybridized carbons (Fsp3) is 0.120. The lowest BCUT2D eigenvalue weighted by Crippen LogP contribution is -2.29. The van der Waals surface area contributed by atoms with Crippen molar-refractivity contribution in [2.75, 3.05) is 12.0 Å². The zero-order valence-corrected chi connectivity index (χ0v) is 18.0. The number of halogens is 3. The van der Waals surface area contributed by atoms with Gasteiger partial charge in [-0.2, -0.15) is 0 Å². The van der Waals surface area contributed by atoms with Crippen molar-refractivity contribution in [1.29, 1.82) is 0 Å². The second-order valence-electron chi connectivity index (χ2n) is 7.66. The molecule has 1 atom stereocenters. The van der Waals surface area contributed by atoms with Gasteiger partial charge in [0.25, 0.3) is 11.7 Å². The first-order valence-corrected chi connectivity index (χ1v) is 10.0. The molecule has 1 fully saturated rings. The predicted octanol–water partition coefficient (Wildman–Crippen LogP) is 4.75. The minimum absolute atomic E-state index is 0.0740. The first-order chi connectivity index (χ1) is 16.1. The van der Waals surface area contributed by atoms with Gasteiger partial charge in [0.1, 0.15) is 11.6 Å². The highest BCUT2D eigenvalue weighted by Crippen LogP contribution is 2.44. The molecule has 0 aliphatic carbocycles. The largest absolute Gasteiger partial charge is 0.507 e. The number of aryl methyl sites for hydroxylation is 1. The van der Waals surface area contributed by atoms with Crippen molar-refractivity contribution >= 4 is 23.1 Å². The maximum Gasteiger partial charge on any atom is 0.300 e. The number of carbonyl (C=O) groups is 2. The minimum Gasteiger partial charge on any atom is -0.507 e. The van der Waals surface area contributed by atoms with Crippen molar-refractivity contribution in [2.24, 2.45) is 0 Å². The number of rotatable bonds is 4. The summed E-state index contributed by atoms with van der Waals surface area (Å²) in [6.07, 6.45) is 0. The quantitative estimate of drug-likeness (QED) is 0.327. The van der Waals surface area contributed by atoms with Gasteiger partial charge in [0, 0.05) is 17.3 Å². The average molecular weight is 469 g/mol. The van der Waals surface area contributed by atoms with E-state index in [0.717, 1.165) is 29.2 Å². The lowest BCUT2D eigenvalue weighted by Gasteiger charge is -2.26. The minimum atomic E-state index is -1.31. The summed E-state index contributed by atoms with van der Waals surface area (Å²) in [7, 11) is 1.33. The molecule has 2 N–H and O–H groups in total. The average Bonchev–Trinajstić information content (AvgIpc) is 3.07. The topological polar surface area (TPSA) is 87.1 Å². The molecule has 0 spiro atoms. The summed E-state index contributed by atoms with van der Waals surface area (Å²) < 4.78 is 46.3. The van der Waals surface area contributed by atoms with Gasteiger partial charge >= 0.3 is 0 Å². The molecule has 4 rings (SSSR count). The van der Waals surface area contributed by atoms with Crippen LogP contribution in [-0.2, 0) is 9.59 Å². The van der Waals surface area contributed by atoms with Crippen LogP contribution in [0.1, 0.15) is 22.7 Å². The molecule has 6 nitrogen and oxygen atoms in total. The van der Waals surface area contributed by atoms with Crippen LogP contribution >= 0.6 is 0 Å². The van der Waals surface area contributed by atoms with E-state index < -0.39 is 40.9 Å². The zero-order chi connectivity index (χ0) is 24.7. The van der Waals surface area contributed by atoms with Crippen LogP contribution in [0.4, 0.5) is 18.9 Å². The van der Waals surface area contributed by atoms with E-state index in [1.165, 1.54) is 44.4 Å². The van der Waals surface area contributed by atoms with Crippen molar-refractivity contribution in [1.82, 2.24) is 0 Å². The van der Waals surface area contributed by atoms with E-state index in [-0.39, 0.29) is 39.4 Å². The Morgan fingerprint density at radius 3 is 2.26 bits per heavy atom. The summed E-state index contributed by atoms with van der Waals surface area (Å²) in [6.45, 7) is 1.46. The molecule has 1 aliphatic heterocycles. The van der Waals surface area contributed by atoms with Gasteiger partial charge in [-0.1, -0.05) is 6.07 Å². The number of phenols is 1. The van der Waals surface area contributed by atoms with Crippen LogP contribution in [0.5, 0.6) is 11.5 Å². The standard InChI is InChI=1S/C25H18F3NO5/c1-12-9-14(3-6-16(12)26)23(31)21-22(13-4-8-20(34-2)19(30)10-13)29(25(33)24(21)32)15-5-7-17(27)18(28)11-15/h3-11,22,30-31H,1-2H3/b23-21+. The van der Waals surface area contributed by atoms with Gasteiger partial charge in [0.2, 0.25) is 0 Å². The number of phenolic OH excluding ortho intramolecular Hbond substituents is 1. The number of anilines is 1. The molecule has 1 unspecified atom stereocenters. The molecular formula is C25H18F3NO5. The summed E-state index contributed by atoms with van der Waals surface area (Å²) in [6, 6.07) is 9.06. The number of nitrogens with zero attached hydrogens (tertiary/aromatic N) is 1. The third-order valence-electron chi connectivity index (χ3n) is 5.58. The summed E-state index contributed by atoms with van der Waals surface area (Å²) in [5.41, 5.74) is -0.0639. The molecule has 1 amide bonds. The first-order valence-electron chi connectivity index (χ1n) is 10.0. The summed E-state index contributed by atoms with van der Waals surface area (Å²) >= 11 is 0. The molecule has 174 valence electrons. The number of benzene rings is 3. The molecular weight excluding hydrogens is 451 g/mol. The normalized spacial score (nSPS) is 17.3. The van der Waals surface area contributed by atoms with E-state index in [0.29, 0.717) is 0 Å². The number of amides is 1. The van der Waals surface area contributed by atoms with Gasteiger partial charge in [0.15, 0.2) is 23.1 Å². The Balaban J connectivity index is 1.98. The van der Waals surface area contributed by atoms with E-state index >= 15 is 0 Å². The van der Waals surface area contributed by atoms with Crippen molar-refractivity contribution in [3.05, 3.63) is 94.3 Å². The van der Waals surface area contributed by atoms with Gasteiger partial charge in [-0.05, 0) is 60.5 Å². The number of aromatic hydroxyl groups is 1.